The summed E-state index contributed by atoms with van der Waals surface area (Å²) in [6.07, 6.45) is 1.98. The van der Waals surface area contributed by atoms with Crippen molar-refractivity contribution in [1.29, 1.82) is 0 Å². The molecule has 4 nitrogen and oxygen atoms in total. The van der Waals surface area contributed by atoms with Gasteiger partial charge in [0.2, 0.25) is 0 Å². The smallest absolute Gasteiger partial charge is 0.387 e. The maximum atomic E-state index is 14.1. The monoisotopic (exact) mass is 531 g/mol. The Kier molecular flexibility index (Phi) is 6.04. The van der Waals surface area contributed by atoms with Crippen LogP contribution in [0.15, 0.2) is 39.3 Å². The Morgan fingerprint density at radius 3 is 2.77 bits per heavy atom. The molecule has 4 rings (SSSR count). The lowest BCUT2D eigenvalue weighted by Crippen LogP contribution is -2.10. The van der Waals surface area contributed by atoms with Crippen molar-refractivity contribution < 1.29 is 17.9 Å². The minimum atomic E-state index is -2.99. The van der Waals surface area contributed by atoms with Gasteiger partial charge in [0, 0.05) is 39.9 Å². The van der Waals surface area contributed by atoms with Crippen LogP contribution in [0.25, 0.3) is 5.65 Å². The SMILES string of the molecule is CC(C)(C)SN=C1C[C@H](c2c(Cl)cccc2OC(F)F)c2c1nc1cc(F)c(Br)cn21. The number of imidazole rings is 1. The molecule has 31 heavy (non-hydrogen) atoms. The molecule has 164 valence electrons. The van der Waals surface area contributed by atoms with Gasteiger partial charge in [0.15, 0.2) is 0 Å². The second-order valence-corrected chi connectivity index (χ2v) is 10.9. The maximum absolute atomic E-state index is 14.1. The lowest BCUT2D eigenvalue weighted by molar-refractivity contribution is -0.0505. The van der Waals surface area contributed by atoms with Gasteiger partial charge in [-0.15, -0.1) is 0 Å². The average molecular weight is 533 g/mol. The van der Waals surface area contributed by atoms with Crippen molar-refractivity contribution in [1.82, 2.24) is 9.38 Å². The van der Waals surface area contributed by atoms with Gasteiger partial charge in [0.1, 0.15) is 22.9 Å². The number of nitrogens with zero attached hydrogens (tertiary/aromatic N) is 3. The molecule has 0 saturated carbocycles. The van der Waals surface area contributed by atoms with E-state index in [4.69, 9.17) is 20.7 Å². The molecule has 1 aromatic carbocycles. The average Bonchev–Trinajstić information content (AvgIpc) is 3.17. The Hall–Kier alpha value is -1.71. The van der Waals surface area contributed by atoms with E-state index in [9.17, 15) is 13.2 Å². The lowest BCUT2D eigenvalue weighted by Gasteiger charge is -2.18. The third-order valence-corrected chi connectivity index (χ3v) is 6.48. The molecule has 0 bridgehead atoms. The number of alkyl halides is 2. The zero-order valence-corrected chi connectivity index (χ0v) is 20.0. The zero-order chi connectivity index (χ0) is 22.5. The molecule has 2 aromatic heterocycles. The summed E-state index contributed by atoms with van der Waals surface area (Å²) >= 11 is 11.1. The van der Waals surface area contributed by atoms with Crippen LogP contribution in [0.1, 0.15) is 50.1 Å². The van der Waals surface area contributed by atoms with Crippen LogP contribution in [0.2, 0.25) is 5.02 Å². The molecule has 3 aromatic rings. The minimum Gasteiger partial charge on any atom is -0.434 e. The van der Waals surface area contributed by atoms with E-state index in [1.165, 1.54) is 24.1 Å². The number of fused-ring (bicyclic) bond motifs is 3. The first kappa shape index (κ1) is 22.5. The van der Waals surface area contributed by atoms with Gasteiger partial charge in [-0.2, -0.15) is 8.78 Å². The molecular formula is C21H18BrClF3N3OS. The number of hydrogen-bond donors (Lipinski definition) is 0. The first-order chi connectivity index (χ1) is 14.5. The van der Waals surface area contributed by atoms with Crippen molar-refractivity contribution in [3.05, 3.63) is 62.7 Å². The van der Waals surface area contributed by atoms with Gasteiger partial charge < -0.3 is 9.14 Å². The number of benzene rings is 1. The van der Waals surface area contributed by atoms with E-state index in [1.54, 1.807) is 22.7 Å². The van der Waals surface area contributed by atoms with E-state index in [0.717, 1.165) is 0 Å². The van der Waals surface area contributed by atoms with Crippen molar-refractivity contribution >= 4 is 50.8 Å². The summed E-state index contributed by atoms with van der Waals surface area (Å²) in [5.41, 5.74) is 2.83. The van der Waals surface area contributed by atoms with E-state index in [-0.39, 0.29) is 15.0 Å². The third-order valence-electron chi connectivity index (χ3n) is 4.71. The molecule has 0 aliphatic heterocycles. The summed E-state index contributed by atoms with van der Waals surface area (Å²) in [5, 5.41) is 0.301. The summed E-state index contributed by atoms with van der Waals surface area (Å²) < 4.78 is 51.6. The van der Waals surface area contributed by atoms with Gasteiger partial charge in [-0.1, -0.05) is 17.7 Å². The second-order valence-electron chi connectivity index (χ2n) is 8.07. The summed E-state index contributed by atoms with van der Waals surface area (Å²) in [6, 6.07) is 5.97. The standard InChI is InChI=1S/C21H18BrClF3N3OS/c1-21(2,3)31-28-14-7-10(17-12(23)5-4-6-15(17)30-20(25)26)19-18(14)27-16-8-13(24)11(22)9-29(16)19/h4-6,8-10,20H,7H2,1-3H3/t10-/m1/s1. The Morgan fingerprint density at radius 2 is 2.10 bits per heavy atom. The maximum Gasteiger partial charge on any atom is 0.387 e. The molecule has 1 atom stereocenters. The number of ether oxygens (including phenoxy) is 1. The molecule has 10 heteroatoms. The molecule has 0 unspecified atom stereocenters. The van der Waals surface area contributed by atoms with Crippen LogP contribution in [0.4, 0.5) is 13.2 Å². The fraction of sp³-hybridized carbons (Fsp3) is 0.333. The molecule has 0 radical (unpaired) electrons. The number of rotatable bonds is 4. The topological polar surface area (TPSA) is 38.9 Å². The van der Waals surface area contributed by atoms with Crippen LogP contribution in [0, 0.1) is 5.82 Å². The molecular weight excluding hydrogens is 515 g/mol. The van der Waals surface area contributed by atoms with E-state index in [1.807, 2.05) is 20.8 Å². The molecule has 0 spiro atoms. The Labute approximate surface area is 195 Å². The van der Waals surface area contributed by atoms with E-state index >= 15 is 0 Å². The number of halogens is 5. The van der Waals surface area contributed by atoms with Gasteiger partial charge in [-0.3, -0.25) is 0 Å². The molecule has 0 N–H and O–H groups in total. The van der Waals surface area contributed by atoms with Crippen molar-refractivity contribution in [2.45, 2.75) is 44.5 Å². The first-order valence-corrected chi connectivity index (χ1v) is 11.3. The van der Waals surface area contributed by atoms with Crippen molar-refractivity contribution in [2.75, 3.05) is 0 Å². The van der Waals surface area contributed by atoms with Crippen molar-refractivity contribution in [3.8, 4) is 5.75 Å². The first-order valence-electron chi connectivity index (χ1n) is 9.41. The van der Waals surface area contributed by atoms with Crippen LogP contribution in [0.3, 0.4) is 0 Å². The van der Waals surface area contributed by atoms with E-state index < -0.39 is 18.3 Å². The van der Waals surface area contributed by atoms with Crippen LogP contribution in [-0.4, -0.2) is 26.5 Å². The predicted octanol–water partition coefficient (Wildman–Crippen LogP) is 7.26. The highest BCUT2D eigenvalue weighted by molar-refractivity contribution is 9.10. The van der Waals surface area contributed by atoms with Crippen LogP contribution in [0.5, 0.6) is 5.75 Å². The second kappa shape index (κ2) is 8.33. The Morgan fingerprint density at radius 1 is 1.35 bits per heavy atom. The number of pyridine rings is 1. The summed E-state index contributed by atoms with van der Waals surface area (Å²) in [7, 11) is 0. The highest BCUT2D eigenvalue weighted by Gasteiger charge is 2.37. The fourth-order valence-electron chi connectivity index (χ4n) is 3.56. The van der Waals surface area contributed by atoms with E-state index in [0.29, 0.717) is 39.8 Å². The highest BCUT2D eigenvalue weighted by Crippen LogP contribution is 2.46. The third kappa shape index (κ3) is 4.45. The van der Waals surface area contributed by atoms with Gasteiger partial charge in [0.05, 0.1) is 15.9 Å². The Bertz CT molecular complexity index is 1190. The molecule has 0 saturated heterocycles. The fourth-order valence-corrected chi connectivity index (χ4v) is 4.72. The molecule has 1 aliphatic carbocycles. The van der Waals surface area contributed by atoms with Crippen LogP contribution in [-0.2, 0) is 0 Å². The normalized spacial score (nSPS) is 17.7. The van der Waals surface area contributed by atoms with Crippen LogP contribution >= 0.6 is 39.5 Å². The number of aromatic nitrogens is 2. The molecule has 0 fully saturated rings. The zero-order valence-electron chi connectivity index (χ0n) is 16.8. The van der Waals surface area contributed by atoms with Gasteiger partial charge in [-0.25, -0.2) is 13.8 Å². The highest BCUT2D eigenvalue weighted by atomic mass is 79.9. The summed E-state index contributed by atoms with van der Waals surface area (Å²) in [4.78, 5) is 4.60. The molecule has 2 heterocycles. The summed E-state index contributed by atoms with van der Waals surface area (Å²) in [5.74, 6) is -0.891. The number of hydrogen-bond acceptors (Lipinski definition) is 4. The van der Waals surface area contributed by atoms with Gasteiger partial charge in [-0.05, 0) is 60.8 Å². The molecule has 1 aliphatic rings. The summed E-state index contributed by atoms with van der Waals surface area (Å²) in [6.45, 7) is 3.11. The lowest BCUT2D eigenvalue weighted by atomic mass is 9.95. The Balaban J connectivity index is 1.94. The quantitative estimate of drug-likeness (QED) is 0.332. The van der Waals surface area contributed by atoms with Crippen molar-refractivity contribution in [2.24, 2.45) is 4.40 Å². The minimum absolute atomic E-state index is 0.000646. The van der Waals surface area contributed by atoms with E-state index in [2.05, 4.69) is 20.9 Å². The van der Waals surface area contributed by atoms with Crippen molar-refractivity contribution in [3.63, 3.8) is 0 Å². The predicted molar refractivity (Wildman–Crippen MR) is 121 cm³/mol. The molecule has 0 amide bonds. The van der Waals surface area contributed by atoms with Crippen LogP contribution < -0.4 is 4.74 Å². The largest absolute Gasteiger partial charge is 0.434 e. The van der Waals surface area contributed by atoms with Gasteiger partial charge in [0.25, 0.3) is 0 Å². The van der Waals surface area contributed by atoms with Gasteiger partial charge >= 0.3 is 6.61 Å².